The third-order valence-corrected chi connectivity index (χ3v) is 6.68. The number of halogens is 3. The van der Waals surface area contributed by atoms with E-state index in [1.807, 2.05) is 12.1 Å². The Labute approximate surface area is 163 Å². The van der Waals surface area contributed by atoms with Crippen LogP contribution in [-0.4, -0.2) is 19.9 Å². The number of aromatic nitrogens is 1. The van der Waals surface area contributed by atoms with Crippen molar-refractivity contribution in [3.63, 3.8) is 0 Å². The number of sulfonamides is 1. The smallest absolute Gasteiger partial charge is 0.265 e. The van der Waals surface area contributed by atoms with Gasteiger partial charge in [0.05, 0.1) is 11.3 Å². The molecule has 1 N–H and O–H groups in total. The SMILES string of the molecule is O=S(=O)(Cc1ccccc1C(F)(F)F)NCC1(c2ccncc2)CCCCC1. The minimum absolute atomic E-state index is 0.174. The molecule has 0 spiro atoms. The van der Waals surface area contributed by atoms with E-state index in [1.54, 1.807) is 12.4 Å². The van der Waals surface area contributed by atoms with Gasteiger partial charge in [0.2, 0.25) is 10.0 Å². The van der Waals surface area contributed by atoms with Gasteiger partial charge in [0.15, 0.2) is 0 Å². The molecule has 1 aliphatic rings. The molecule has 2 aromatic rings. The third-order valence-electron chi connectivity index (χ3n) is 5.40. The first-order valence-electron chi connectivity index (χ1n) is 9.25. The van der Waals surface area contributed by atoms with Gasteiger partial charge in [0, 0.05) is 24.4 Å². The molecule has 0 aliphatic heterocycles. The van der Waals surface area contributed by atoms with E-state index in [4.69, 9.17) is 0 Å². The maximum absolute atomic E-state index is 13.2. The number of hydrogen-bond acceptors (Lipinski definition) is 3. The van der Waals surface area contributed by atoms with Crippen LogP contribution in [0.25, 0.3) is 0 Å². The van der Waals surface area contributed by atoms with E-state index >= 15 is 0 Å². The highest BCUT2D eigenvalue weighted by Gasteiger charge is 2.36. The standard InChI is InChI=1S/C20H23F3N2O2S/c21-20(22,23)18-7-3-2-6-16(18)14-28(26,27)25-15-19(10-4-1-5-11-19)17-8-12-24-13-9-17/h2-3,6-9,12-13,25H,1,4-5,10-11,14-15H2. The van der Waals surface area contributed by atoms with E-state index < -0.39 is 27.5 Å². The Kier molecular flexibility index (Phi) is 6.09. The largest absolute Gasteiger partial charge is 0.416 e. The lowest BCUT2D eigenvalue weighted by molar-refractivity contribution is -0.138. The van der Waals surface area contributed by atoms with Crippen LogP contribution < -0.4 is 4.72 Å². The highest BCUT2D eigenvalue weighted by Crippen LogP contribution is 2.39. The zero-order valence-electron chi connectivity index (χ0n) is 15.4. The van der Waals surface area contributed by atoms with Gasteiger partial charge < -0.3 is 0 Å². The number of pyridine rings is 1. The Morgan fingerprint density at radius 1 is 1.00 bits per heavy atom. The van der Waals surface area contributed by atoms with E-state index in [0.717, 1.165) is 43.7 Å². The fraction of sp³-hybridized carbons (Fsp3) is 0.450. The summed E-state index contributed by atoms with van der Waals surface area (Å²) >= 11 is 0. The Morgan fingerprint density at radius 3 is 2.29 bits per heavy atom. The van der Waals surface area contributed by atoms with E-state index in [9.17, 15) is 21.6 Å². The first-order valence-corrected chi connectivity index (χ1v) is 10.9. The van der Waals surface area contributed by atoms with Crippen molar-refractivity contribution in [1.29, 1.82) is 0 Å². The Morgan fingerprint density at radius 2 is 1.64 bits per heavy atom. The van der Waals surface area contributed by atoms with Crippen molar-refractivity contribution < 1.29 is 21.6 Å². The molecule has 1 aliphatic carbocycles. The lowest BCUT2D eigenvalue weighted by Gasteiger charge is -2.38. The Bertz CT molecular complexity index is 893. The summed E-state index contributed by atoms with van der Waals surface area (Å²) in [6.07, 6.45) is 3.51. The molecule has 0 amide bonds. The van der Waals surface area contributed by atoms with Gasteiger partial charge in [-0.3, -0.25) is 4.98 Å². The van der Waals surface area contributed by atoms with Crippen LogP contribution in [0.4, 0.5) is 13.2 Å². The first-order chi connectivity index (χ1) is 13.2. The van der Waals surface area contributed by atoms with Crippen molar-refractivity contribution in [3.05, 3.63) is 65.5 Å². The summed E-state index contributed by atoms with van der Waals surface area (Å²) in [6.45, 7) is 0.174. The van der Waals surface area contributed by atoms with Gasteiger partial charge in [0.1, 0.15) is 0 Å². The van der Waals surface area contributed by atoms with E-state index in [-0.39, 0.29) is 17.5 Å². The van der Waals surface area contributed by atoms with Crippen LogP contribution in [0.1, 0.15) is 48.8 Å². The molecule has 1 aromatic carbocycles. The molecule has 0 bridgehead atoms. The molecule has 3 rings (SSSR count). The summed E-state index contributed by atoms with van der Waals surface area (Å²) in [5.74, 6) is -0.699. The van der Waals surface area contributed by atoms with Gasteiger partial charge in [-0.15, -0.1) is 0 Å². The van der Waals surface area contributed by atoms with E-state index in [0.29, 0.717) is 0 Å². The van der Waals surface area contributed by atoms with Gasteiger partial charge in [-0.05, 0) is 42.2 Å². The molecule has 1 fully saturated rings. The van der Waals surface area contributed by atoms with Gasteiger partial charge >= 0.3 is 6.18 Å². The lowest BCUT2D eigenvalue weighted by atomic mass is 9.70. The number of nitrogens with zero attached hydrogens (tertiary/aromatic N) is 1. The minimum Gasteiger partial charge on any atom is -0.265 e. The second-order valence-corrected chi connectivity index (χ2v) is 9.12. The van der Waals surface area contributed by atoms with Crippen molar-refractivity contribution >= 4 is 10.0 Å². The fourth-order valence-electron chi connectivity index (χ4n) is 3.93. The summed E-state index contributed by atoms with van der Waals surface area (Å²) in [7, 11) is -3.93. The van der Waals surface area contributed by atoms with Crippen molar-refractivity contribution in [2.75, 3.05) is 6.54 Å². The van der Waals surface area contributed by atoms with E-state index in [2.05, 4.69) is 9.71 Å². The molecule has 8 heteroatoms. The van der Waals surface area contributed by atoms with Crippen molar-refractivity contribution in [2.24, 2.45) is 0 Å². The average Bonchev–Trinajstić information content (AvgIpc) is 2.67. The average molecular weight is 412 g/mol. The number of hydrogen-bond donors (Lipinski definition) is 1. The quantitative estimate of drug-likeness (QED) is 0.764. The summed E-state index contributed by atoms with van der Waals surface area (Å²) < 4.78 is 67.3. The van der Waals surface area contributed by atoms with Crippen molar-refractivity contribution in [1.82, 2.24) is 9.71 Å². The molecule has 152 valence electrons. The van der Waals surface area contributed by atoms with Crippen LogP contribution in [0.5, 0.6) is 0 Å². The van der Waals surface area contributed by atoms with Crippen LogP contribution in [0.15, 0.2) is 48.8 Å². The number of benzene rings is 1. The molecule has 0 atom stereocenters. The topological polar surface area (TPSA) is 59.1 Å². The predicted octanol–water partition coefficient (Wildman–Crippen LogP) is 4.42. The molecule has 1 aromatic heterocycles. The second-order valence-electron chi connectivity index (χ2n) is 7.31. The van der Waals surface area contributed by atoms with Crippen LogP contribution in [-0.2, 0) is 27.4 Å². The predicted molar refractivity (Wildman–Crippen MR) is 101 cm³/mol. The molecule has 0 radical (unpaired) electrons. The fourth-order valence-corrected chi connectivity index (χ4v) is 5.19. The Hall–Kier alpha value is -1.93. The van der Waals surface area contributed by atoms with Gasteiger partial charge in [0.25, 0.3) is 0 Å². The summed E-state index contributed by atoms with van der Waals surface area (Å²) in [5.41, 5.74) is -0.496. The molecule has 1 heterocycles. The van der Waals surface area contributed by atoms with Gasteiger partial charge in [-0.1, -0.05) is 37.5 Å². The normalized spacial score (nSPS) is 17.4. The highest BCUT2D eigenvalue weighted by molar-refractivity contribution is 7.88. The van der Waals surface area contributed by atoms with Crippen LogP contribution in [0.3, 0.4) is 0 Å². The molecule has 0 saturated heterocycles. The zero-order valence-corrected chi connectivity index (χ0v) is 16.2. The lowest BCUT2D eigenvalue weighted by Crippen LogP contribution is -2.42. The molecule has 28 heavy (non-hydrogen) atoms. The summed E-state index contributed by atoms with van der Waals surface area (Å²) in [4.78, 5) is 4.02. The van der Waals surface area contributed by atoms with Crippen molar-refractivity contribution in [2.45, 2.75) is 49.4 Å². The van der Waals surface area contributed by atoms with Crippen LogP contribution in [0.2, 0.25) is 0 Å². The van der Waals surface area contributed by atoms with E-state index in [1.165, 1.54) is 18.2 Å². The molecule has 1 saturated carbocycles. The van der Waals surface area contributed by atoms with Crippen LogP contribution >= 0.6 is 0 Å². The number of alkyl halides is 3. The Balaban J connectivity index is 1.79. The maximum Gasteiger partial charge on any atom is 0.416 e. The minimum atomic E-state index is -4.59. The van der Waals surface area contributed by atoms with Crippen molar-refractivity contribution in [3.8, 4) is 0 Å². The summed E-state index contributed by atoms with van der Waals surface area (Å²) in [5, 5.41) is 0. The summed E-state index contributed by atoms with van der Waals surface area (Å²) in [6, 6.07) is 8.56. The molecule has 4 nitrogen and oxygen atoms in total. The number of nitrogens with one attached hydrogen (secondary N) is 1. The second kappa shape index (κ2) is 8.21. The maximum atomic E-state index is 13.2. The number of rotatable bonds is 6. The third kappa shape index (κ3) is 4.91. The molecular weight excluding hydrogens is 389 g/mol. The monoisotopic (exact) mass is 412 g/mol. The van der Waals surface area contributed by atoms with Crippen LogP contribution in [0, 0.1) is 0 Å². The highest BCUT2D eigenvalue weighted by atomic mass is 32.2. The van der Waals surface area contributed by atoms with Gasteiger partial charge in [-0.2, -0.15) is 13.2 Å². The first kappa shape index (κ1) is 20.8. The zero-order chi connectivity index (χ0) is 20.3. The van der Waals surface area contributed by atoms with Gasteiger partial charge in [-0.25, -0.2) is 13.1 Å². The molecule has 0 unspecified atom stereocenters. The molecular formula is C20H23F3N2O2S.